The second kappa shape index (κ2) is 9.52. The SMILES string of the molecule is CCc1cccc2c(C(CC(=O)N3CCN(C(C)=O)CC3)c3cccc(C(F)(F)F)c3)c[nH]c12. The number of amides is 2. The van der Waals surface area contributed by atoms with E-state index in [1.54, 1.807) is 15.9 Å². The van der Waals surface area contributed by atoms with Crippen molar-refractivity contribution in [3.8, 4) is 0 Å². The van der Waals surface area contributed by atoms with Gasteiger partial charge in [0.25, 0.3) is 0 Å². The molecule has 1 unspecified atom stereocenters. The van der Waals surface area contributed by atoms with Crippen LogP contribution in [0.1, 0.15) is 48.4 Å². The third-order valence-electron chi connectivity index (χ3n) is 6.66. The van der Waals surface area contributed by atoms with Crippen molar-refractivity contribution < 1.29 is 22.8 Å². The number of aromatic amines is 1. The number of rotatable bonds is 5. The van der Waals surface area contributed by atoms with E-state index in [9.17, 15) is 22.8 Å². The van der Waals surface area contributed by atoms with Crippen molar-refractivity contribution in [2.24, 2.45) is 0 Å². The minimum absolute atomic E-state index is 0.0283. The summed E-state index contributed by atoms with van der Waals surface area (Å²) in [7, 11) is 0. The van der Waals surface area contributed by atoms with Crippen LogP contribution in [0.25, 0.3) is 10.9 Å². The maximum atomic E-state index is 13.5. The first-order valence-electron chi connectivity index (χ1n) is 11.5. The maximum absolute atomic E-state index is 13.5. The number of benzene rings is 2. The Morgan fingerprint density at radius 3 is 2.35 bits per heavy atom. The van der Waals surface area contributed by atoms with Gasteiger partial charge in [-0.25, -0.2) is 0 Å². The van der Waals surface area contributed by atoms with E-state index in [4.69, 9.17) is 0 Å². The highest BCUT2D eigenvalue weighted by Gasteiger charge is 2.32. The Bertz CT molecular complexity index is 1190. The van der Waals surface area contributed by atoms with Gasteiger partial charge in [0.05, 0.1) is 5.56 Å². The normalized spacial score (nSPS) is 15.6. The number of H-pyrrole nitrogens is 1. The summed E-state index contributed by atoms with van der Waals surface area (Å²) in [5.74, 6) is -0.701. The van der Waals surface area contributed by atoms with Crippen molar-refractivity contribution in [1.82, 2.24) is 14.8 Å². The molecule has 0 aliphatic carbocycles. The van der Waals surface area contributed by atoms with E-state index in [1.165, 1.54) is 13.0 Å². The fourth-order valence-electron chi connectivity index (χ4n) is 4.74. The molecule has 1 N–H and O–H groups in total. The first-order chi connectivity index (χ1) is 16.2. The smallest absolute Gasteiger partial charge is 0.361 e. The van der Waals surface area contributed by atoms with Crippen LogP contribution in [0.2, 0.25) is 0 Å². The Balaban J connectivity index is 1.70. The number of hydrogen-bond acceptors (Lipinski definition) is 2. The molecule has 0 radical (unpaired) electrons. The van der Waals surface area contributed by atoms with E-state index in [2.05, 4.69) is 4.98 Å². The van der Waals surface area contributed by atoms with Crippen LogP contribution in [0.4, 0.5) is 13.2 Å². The van der Waals surface area contributed by atoms with Gasteiger partial charge in [0.15, 0.2) is 0 Å². The van der Waals surface area contributed by atoms with Gasteiger partial charge in [-0.3, -0.25) is 9.59 Å². The molecule has 1 aliphatic rings. The van der Waals surface area contributed by atoms with Gasteiger partial charge in [0, 0.05) is 62.5 Å². The Kier molecular flexibility index (Phi) is 6.68. The van der Waals surface area contributed by atoms with Crippen LogP contribution in [0.5, 0.6) is 0 Å². The molecule has 2 amide bonds. The average molecular weight is 472 g/mol. The van der Waals surface area contributed by atoms with Crippen LogP contribution in [0.15, 0.2) is 48.7 Å². The number of fused-ring (bicyclic) bond motifs is 1. The maximum Gasteiger partial charge on any atom is 0.416 e. The molecule has 4 rings (SSSR count). The zero-order chi connectivity index (χ0) is 24.5. The quantitative estimate of drug-likeness (QED) is 0.572. The Morgan fingerprint density at radius 2 is 1.71 bits per heavy atom. The summed E-state index contributed by atoms with van der Waals surface area (Å²) >= 11 is 0. The second-order valence-corrected chi connectivity index (χ2v) is 8.70. The number of piperazine rings is 1. The number of nitrogens with zero attached hydrogens (tertiary/aromatic N) is 2. The molecule has 1 saturated heterocycles. The van der Waals surface area contributed by atoms with Crippen LogP contribution in [-0.2, 0) is 22.2 Å². The number of aryl methyl sites for hydroxylation is 1. The van der Waals surface area contributed by atoms with Gasteiger partial charge < -0.3 is 14.8 Å². The minimum Gasteiger partial charge on any atom is -0.361 e. The molecule has 1 fully saturated rings. The number of carbonyl (C=O) groups excluding carboxylic acids is 2. The van der Waals surface area contributed by atoms with Crippen LogP contribution in [0.3, 0.4) is 0 Å². The van der Waals surface area contributed by atoms with Crippen molar-refractivity contribution in [2.75, 3.05) is 26.2 Å². The Morgan fingerprint density at radius 1 is 1.03 bits per heavy atom. The molecule has 8 heteroatoms. The number of nitrogens with one attached hydrogen (secondary N) is 1. The summed E-state index contributed by atoms with van der Waals surface area (Å²) in [5, 5.41) is 0.913. The summed E-state index contributed by atoms with van der Waals surface area (Å²) < 4.78 is 40.4. The largest absolute Gasteiger partial charge is 0.416 e. The van der Waals surface area contributed by atoms with Gasteiger partial charge in [-0.05, 0) is 29.2 Å². The number of carbonyl (C=O) groups is 2. The first kappa shape index (κ1) is 23.9. The van der Waals surface area contributed by atoms with Crippen LogP contribution in [0, 0.1) is 0 Å². The lowest BCUT2D eigenvalue weighted by atomic mass is 9.86. The fourth-order valence-corrected chi connectivity index (χ4v) is 4.74. The van der Waals surface area contributed by atoms with E-state index >= 15 is 0 Å². The Hall–Kier alpha value is -3.29. The van der Waals surface area contributed by atoms with Crippen LogP contribution < -0.4 is 0 Å². The van der Waals surface area contributed by atoms with Crippen molar-refractivity contribution in [3.63, 3.8) is 0 Å². The molecular formula is C26H28F3N3O2. The average Bonchev–Trinajstić information content (AvgIpc) is 3.26. The third kappa shape index (κ3) is 4.81. The third-order valence-corrected chi connectivity index (χ3v) is 6.66. The van der Waals surface area contributed by atoms with Crippen molar-refractivity contribution in [3.05, 3.63) is 70.9 Å². The van der Waals surface area contributed by atoms with Gasteiger partial charge in [-0.2, -0.15) is 13.2 Å². The lowest BCUT2D eigenvalue weighted by Crippen LogP contribution is -2.50. The molecule has 0 saturated carbocycles. The zero-order valence-corrected chi connectivity index (χ0v) is 19.3. The van der Waals surface area contributed by atoms with Crippen LogP contribution in [-0.4, -0.2) is 52.8 Å². The monoisotopic (exact) mass is 471 g/mol. The molecule has 2 heterocycles. The predicted octanol–water partition coefficient (Wildman–Crippen LogP) is 4.96. The molecule has 2 aromatic carbocycles. The van der Waals surface area contributed by atoms with Gasteiger partial charge in [-0.1, -0.05) is 43.3 Å². The van der Waals surface area contributed by atoms with E-state index in [1.807, 2.05) is 31.3 Å². The Labute approximate surface area is 196 Å². The van der Waals surface area contributed by atoms with Crippen molar-refractivity contribution in [1.29, 1.82) is 0 Å². The second-order valence-electron chi connectivity index (χ2n) is 8.70. The molecule has 5 nitrogen and oxygen atoms in total. The molecule has 1 aromatic heterocycles. The number of aromatic nitrogens is 1. The predicted molar refractivity (Wildman–Crippen MR) is 124 cm³/mol. The summed E-state index contributed by atoms with van der Waals surface area (Å²) in [5.41, 5.74) is 2.58. The molecule has 34 heavy (non-hydrogen) atoms. The van der Waals surface area contributed by atoms with E-state index in [0.717, 1.165) is 40.6 Å². The number of para-hydroxylation sites is 1. The first-order valence-corrected chi connectivity index (χ1v) is 11.5. The van der Waals surface area contributed by atoms with Gasteiger partial charge in [-0.15, -0.1) is 0 Å². The lowest BCUT2D eigenvalue weighted by Gasteiger charge is -2.35. The standard InChI is InChI=1S/C26H28F3N3O2/c1-3-18-6-5-9-21-23(16-30-25(18)21)22(19-7-4-8-20(14-19)26(27,28)29)15-24(34)32-12-10-31(11-13-32)17(2)33/h4-9,14,16,22,30H,3,10-13,15H2,1-2H3. The number of halogens is 3. The summed E-state index contributed by atoms with van der Waals surface area (Å²) in [4.78, 5) is 31.6. The molecule has 180 valence electrons. The molecular weight excluding hydrogens is 443 g/mol. The molecule has 0 spiro atoms. The van der Waals surface area contributed by atoms with E-state index in [-0.39, 0.29) is 18.2 Å². The van der Waals surface area contributed by atoms with Gasteiger partial charge in [0.1, 0.15) is 0 Å². The molecule has 3 aromatic rings. The molecule has 1 aliphatic heterocycles. The molecule has 1 atom stereocenters. The molecule has 0 bridgehead atoms. The summed E-state index contributed by atoms with van der Waals surface area (Å²) in [6.07, 6.45) is -1.80. The van der Waals surface area contributed by atoms with Crippen LogP contribution >= 0.6 is 0 Å². The highest BCUT2D eigenvalue weighted by molar-refractivity contribution is 5.88. The highest BCUT2D eigenvalue weighted by atomic mass is 19.4. The fraction of sp³-hybridized carbons (Fsp3) is 0.385. The van der Waals surface area contributed by atoms with E-state index in [0.29, 0.717) is 31.7 Å². The highest BCUT2D eigenvalue weighted by Crippen LogP contribution is 2.38. The van der Waals surface area contributed by atoms with E-state index < -0.39 is 17.7 Å². The minimum atomic E-state index is -4.47. The number of alkyl halides is 3. The van der Waals surface area contributed by atoms with Crippen molar-refractivity contribution >= 4 is 22.7 Å². The van der Waals surface area contributed by atoms with Gasteiger partial charge >= 0.3 is 6.18 Å². The van der Waals surface area contributed by atoms with Crippen molar-refractivity contribution in [2.45, 2.75) is 38.8 Å². The summed E-state index contributed by atoms with van der Waals surface area (Å²) in [6.45, 7) is 5.31. The number of hydrogen-bond donors (Lipinski definition) is 1. The summed E-state index contributed by atoms with van der Waals surface area (Å²) in [6, 6.07) is 11.1. The van der Waals surface area contributed by atoms with Gasteiger partial charge in [0.2, 0.25) is 11.8 Å². The lowest BCUT2D eigenvalue weighted by molar-refractivity contribution is -0.138. The zero-order valence-electron chi connectivity index (χ0n) is 19.3. The topological polar surface area (TPSA) is 56.4 Å².